The van der Waals surface area contributed by atoms with E-state index in [2.05, 4.69) is 29.1 Å². The van der Waals surface area contributed by atoms with E-state index < -0.39 is 0 Å². The zero-order chi connectivity index (χ0) is 16.2. The van der Waals surface area contributed by atoms with Gasteiger partial charge in [0.15, 0.2) is 5.82 Å². The van der Waals surface area contributed by atoms with Crippen molar-refractivity contribution in [2.75, 3.05) is 14.2 Å². The number of rotatable bonds is 5. The summed E-state index contributed by atoms with van der Waals surface area (Å²) in [5.74, 6) is 1.56. The number of para-hydroxylation sites is 1. The highest BCUT2D eigenvalue weighted by Crippen LogP contribution is 2.10. The van der Waals surface area contributed by atoms with Crippen molar-refractivity contribution >= 4 is 10.9 Å². The molecule has 118 valence electrons. The van der Waals surface area contributed by atoms with Crippen LogP contribution in [0.5, 0.6) is 5.75 Å². The summed E-state index contributed by atoms with van der Waals surface area (Å²) in [4.78, 5) is 20.8. The molecule has 0 saturated carbocycles. The SMILES string of the molecule is COc1ccc(C[NH+](C)Cc2nc3ccccc3c(=O)[nH]2)cc1. The van der Waals surface area contributed by atoms with Crippen molar-refractivity contribution in [2.24, 2.45) is 0 Å². The lowest BCUT2D eigenvalue weighted by Crippen LogP contribution is -3.06. The standard InChI is InChI=1S/C18H19N3O2/c1-21(11-13-7-9-14(23-2)10-8-13)12-17-19-16-6-4-3-5-15(16)18(22)20-17/h3-10H,11-12H2,1-2H3,(H,19,20,22)/p+1. The second-order valence-corrected chi connectivity index (χ2v) is 5.69. The van der Waals surface area contributed by atoms with Gasteiger partial charge in [-0.1, -0.05) is 12.1 Å². The van der Waals surface area contributed by atoms with Crippen LogP contribution in [-0.4, -0.2) is 24.1 Å². The Kier molecular flexibility index (Phi) is 4.39. The molecule has 0 aliphatic rings. The predicted molar refractivity (Wildman–Crippen MR) is 89.7 cm³/mol. The summed E-state index contributed by atoms with van der Waals surface area (Å²) in [7, 11) is 3.74. The lowest BCUT2D eigenvalue weighted by Gasteiger charge is -2.14. The van der Waals surface area contributed by atoms with Crippen LogP contribution in [0.4, 0.5) is 0 Å². The van der Waals surface area contributed by atoms with Crippen molar-refractivity contribution in [2.45, 2.75) is 13.1 Å². The van der Waals surface area contributed by atoms with Gasteiger partial charge in [-0.2, -0.15) is 0 Å². The molecule has 5 heteroatoms. The number of hydrogen-bond donors (Lipinski definition) is 2. The van der Waals surface area contributed by atoms with E-state index in [0.29, 0.717) is 17.8 Å². The molecule has 3 rings (SSSR count). The largest absolute Gasteiger partial charge is 0.497 e. The van der Waals surface area contributed by atoms with Crippen LogP contribution in [0.25, 0.3) is 10.9 Å². The molecule has 0 aliphatic heterocycles. The van der Waals surface area contributed by atoms with Crippen molar-refractivity contribution in [3.8, 4) is 5.75 Å². The minimum absolute atomic E-state index is 0.0807. The molecule has 0 spiro atoms. The molecule has 1 unspecified atom stereocenters. The summed E-state index contributed by atoms with van der Waals surface area (Å²) in [5, 5.41) is 0.629. The molecule has 1 heterocycles. The average molecular weight is 310 g/mol. The van der Waals surface area contributed by atoms with Gasteiger partial charge in [-0.3, -0.25) is 4.79 Å². The Morgan fingerprint density at radius 1 is 1.09 bits per heavy atom. The minimum Gasteiger partial charge on any atom is -0.497 e. The number of hydrogen-bond acceptors (Lipinski definition) is 3. The number of nitrogens with zero attached hydrogens (tertiary/aromatic N) is 1. The minimum atomic E-state index is -0.0807. The van der Waals surface area contributed by atoms with E-state index in [-0.39, 0.29) is 5.56 Å². The Labute approximate surface area is 134 Å². The molecule has 2 aromatic carbocycles. The highest BCUT2D eigenvalue weighted by molar-refractivity contribution is 5.77. The van der Waals surface area contributed by atoms with Gasteiger partial charge in [0.05, 0.1) is 25.1 Å². The second-order valence-electron chi connectivity index (χ2n) is 5.69. The summed E-state index contributed by atoms with van der Waals surface area (Å²) in [6.45, 7) is 1.51. The maximum Gasteiger partial charge on any atom is 0.258 e. The van der Waals surface area contributed by atoms with Crippen LogP contribution in [0, 0.1) is 0 Å². The maximum absolute atomic E-state index is 12.1. The van der Waals surface area contributed by atoms with Gasteiger partial charge in [0.2, 0.25) is 0 Å². The lowest BCUT2D eigenvalue weighted by molar-refractivity contribution is -0.908. The third-order valence-corrected chi connectivity index (χ3v) is 3.80. The average Bonchev–Trinajstić information content (AvgIpc) is 2.55. The zero-order valence-electron chi connectivity index (χ0n) is 13.3. The first kappa shape index (κ1) is 15.2. The number of quaternary nitrogens is 1. The molecular formula is C18H20N3O2+. The molecule has 0 aliphatic carbocycles. The van der Waals surface area contributed by atoms with Crippen molar-refractivity contribution in [3.05, 3.63) is 70.3 Å². The topological polar surface area (TPSA) is 59.4 Å². The summed E-state index contributed by atoms with van der Waals surface area (Å²) in [5.41, 5.74) is 1.87. The first-order valence-corrected chi connectivity index (χ1v) is 7.58. The molecule has 0 radical (unpaired) electrons. The molecule has 0 fully saturated rings. The zero-order valence-corrected chi connectivity index (χ0v) is 13.3. The number of H-pyrrole nitrogens is 1. The number of nitrogens with one attached hydrogen (secondary N) is 2. The van der Waals surface area contributed by atoms with Crippen LogP contribution < -0.4 is 15.2 Å². The summed E-state index contributed by atoms with van der Waals surface area (Å²) >= 11 is 0. The molecule has 1 atom stereocenters. The predicted octanol–water partition coefficient (Wildman–Crippen LogP) is 1.15. The number of methoxy groups -OCH3 is 1. The van der Waals surface area contributed by atoms with Crippen LogP contribution in [0.15, 0.2) is 53.3 Å². The fourth-order valence-corrected chi connectivity index (χ4v) is 2.66. The molecule has 0 saturated heterocycles. The Hall–Kier alpha value is -2.66. The first-order chi connectivity index (χ1) is 11.2. The molecule has 23 heavy (non-hydrogen) atoms. The monoisotopic (exact) mass is 310 g/mol. The van der Waals surface area contributed by atoms with Crippen molar-refractivity contribution in [3.63, 3.8) is 0 Å². The molecule has 3 aromatic rings. The number of aromatic amines is 1. The van der Waals surface area contributed by atoms with Gasteiger partial charge in [0.1, 0.15) is 18.8 Å². The van der Waals surface area contributed by atoms with Crippen LogP contribution in [0.3, 0.4) is 0 Å². The molecule has 0 amide bonds. The van der Waals surface area contributed by atoms with Gasteiger partial charge in [0, 0.05) is 5.56 Å². The van der Waals surface area contributed by atoms with E-state index in [4.69, 9.17) is 4.74 Å². The van der Waals surface area contributed by atoms with Crippen LogP contribution in [0.1, 0.15) is 11.4 Å². The number of fused-ring (bicyclic) bond motifs is 1. The third-order valence-electron chi connectivity index (χ3n) is 3.80. The van der Waals surface area contributed by atoms with Gasteiger partial charge >= 0.3 is 0 Å². The molecule has 0 bridgehead atoms. The van der Waals surface area contributed by atoms with Gasteiger partial charge < -0.3 is 14.6 Å². The number of ether oxygens (including phenoxy) is 1. The summed E-state index contributed by atoms with van der Waals surface area (Å²) < 4.78 is 5.17. The van der Waals surface area contributed by atoms with Crippen molar-refractivity contribution < 1.29 is 9.64 Å². The lowest BCUT2D eigenvalue weighted by atomic mass is 10.2. The van der Waals surface area contributed by atoms with E-state index in [0.717, 1.165) is 17.8 Å². The van der Waals surface area contributed by atoms with E-state index in [9.17, 15) is 4.79 Å². The van der Waals surface area contributed by atoms with Crippen LogP contribution in [0.2, 0.25) is 0 Å². The summed E-state index contributed by atoms with van der Waals surface area (Å²) in [6, 6.07) is 15.4. The number of benzene rings is 2. The third kappa shape index (κ3) is 3.57. The Morgan fingerprint density at radius 2 is 1.83 bits per heavy atom. The molecule has 5 nitrogen and oxygen atoms in total. The molecular weight excluding hydrogens is 290 g/mol. The van der Waals surface area contributed by atoms with E-state index in [1.165, 1.54) is 10.5 Å². The van der Waals surface area contributed by atoms with Crippen LogP contribution >= 0.6 is 0 Å². The van der Waals surface area contributed by atoms with Gasteiger partial charge in [-0.15, -0.1) is 0 Å². The Balaban J connectivity index is 1.74. The van der Waals surface area contributed by atoms with Gasteiger partial charge in [0.25, 0.3) is 5.56 Å². The number of aromatic nitrogens is 2. The Morgan fingerprint density at radius 3 is 2.57 bits per heavy atom. The highest BCUT2D eigenvalue weighted by atomic mass is 16.5. The quantitative estimate of drug-likeness (QED) is 0.743. The highest BCUT2D eigenvalue weighted by Gasteiger charge is 2.09. The van der Waals surface area contributed by atoms with Crippen molar-refractivity contribution in [1.29, 1.82) is 0 Å². The summed E-state index contributed by atoms with van der Waals surface area (Å²) in [6.07, 6.45) is 0. The van der Waals surface area contributed by atoms with Crippen LogP contribution in [-0.2, 0) is 13.1 Å². The maximum atomic E-state index is 12.1. The Bertz CT molecular complexity index is 856. The van der Waals surface area contributed by atoms with E-state index in [1.54, 1.807) is 13.2 Å². The van der Waals surface area contributed by atoms with E-state index >= 15 is 0 Å². The second kappa shape index (κ2) is 6.62. The molecule has 1 aromatic heterocycles. The van der Waals surface area contributed by atoms with Gasteiger partial charge in [-0.25, -0.2) is 4.98 Å². The van der Waals surface area contributed by atoms with E-state index in [1.807, 2.05) is 30.3 Å². The van der Waals surface area contributed by atoms with Crippen molar-refractivity contribution in [1.82, 2.24) is 9.97 Å². The fraction of sp³-hybridized carbons (Fsp3) is 0.222. The van der Waals surface area contributed by atoms with Gasteiger partial charge in [-0.05, 0) is 36.4 Å². The smallest absolute Gasteiger partial charge is 0.258 e. The fourth-order valence-electron chi connectivity index (χ4n) is 2.66. The normalized spacial score (nSPS) is 12.3. The molecule has 2 N–H and O–H groups in total. The first-order valence-electron chi connectivity index (χ1n) is 7.58.